The van der Waals surface area contributed by atoms with Crippen LogP contribution in [0.5, 0.6) is 11.5 Å². The molecule has 0 aliphatic heterocycles. The molecule has 2 aromatic rings. The largest absolute Gasteiger partial charge is 0.497 e. The minimum Gasteiger partial charge on any atom is -0.497 e. The van der Waals surface area contributed by atoms with Crippen LogP contribution in [0, 0.1) is 10.1 Å². The molecule has 33 heavy (non-hydrogen) atoms. The summed E-state index contributed by atoms with van der Waals surface area (Å²) in [5.41, 5.74) is 0.478. The average Bonchev–Trinajstić information content (AvgIpc) is 2.80. The van der Waals surface area contributed by atoms with Gasteiger partial charge in [0, 0.05) is 25.7 Å². The van der Waals surface area contributed by atoms with E-state index in [1.54, 1.807) is 21.0 Å². The van der Waals surface area contributed by atoms with Gasteiger partial charge in [0.1, 0.15) is 5.75 Å². The van der Waals surface area contributed by atoms with E-state index in [9.17, 15) is 23.3 Å². The molecule has 0 heterocycles. The molecule has 1 unspecified atom stereocenters. The average molecular weight is 480 g/mol. The van der Waals surface area contributed by atoms with E-state index in [0.717, 1.165) is 17.4 Å². The molecule has 0 saturated heterocycles. The normalized spacial score (nSPS) is 12.3. The first-order chi connectivity index (χ1) is 15.6. The van der Waals surface area contributed by atoms with E-state index in [1.165, 1.54) is 23.4 Å². The fourth-order valence-electron chi connectivity index (χ4n) is 3.12. The smallest absolute Gasteiger partial charge is 0.312 e. The number of methoxy groups -OCH3 is 1. The number of carbonyl (C=O) groups excluding carboxylic acids is 1. The number of benzene rings is 2. The zero-order valence-corrected chi connectivity index (χ0v) is 19.9. The van der Waals surface area contributed by atoms with Crippen molar-refractivity contribution < 1.29 is 27.6 Å². The van der Waals surface area contributed by atoms with Crippen molar-refractivity contribution in [3.8, 4) is 11.5 Å². The Kier molecular flexibility index (Phi) is 9.18. The Balaban J connectivity index is 2.07. The maximum atomic E-state index is 12.7. The first-order valence-corrected chi connectivity index (χ1v) is 11.9. The van der Waals surface area contributed by atoms with Crippen molar-refractivity contribution >= 4 is 21.6 Å². The van der Waals surface area contributed by atoms with Crippen molar-refractivity contribution in [2.75, 3.05) is 26.7 Å². The van der Waals surface area contributed by atoms with Gasteiger partial charge in [-0.2, -0.15) is 4.31 Å². The molecule has 0 aliphatic rings. The van der Waals surface area contributed by atoms with Crippen molar-refractivity contribution in [1.82, 2.24) is 9.62 Å². The highest BCUT2D eigenvalue weighted by molar-refractivity contribution is 7.89. The molecule has 2 aromatic carbocycles. The highest BCUT2D eigenvalue weighted by Crippen LogP contribution is 2.31. The van der Waals surface area contributed by atoms with Gasteiger partial charge in [0.15, 0.2) is 11.9 Å². The van der Waals surface area contributed by atoms with Crippen LogP contribution in [0.25, 0.3) is 0 Å². The Morgan fingerprint density at radius 3 is 2.33 bits per heavy atom. The van der Waals surface area contributed by atoms with Crippen molar-refractivity contribution in [2.24, 2.45) is 0 Å². The lowest BCUT2D eigenvalue weighted by Crippen LogP contribution is -2.37. The predicted octanol–water partition coefficient (Wildman–Crippen LogP) is 2.76. The molecule has 10 nitrogen and oxygen atoms in total. The number of nitro benzene ring substituents is 1. The predicted molar refractivity (Wildman–Crippen MR) is 123 cm³/mol. The molecule has 0 aliphatic carbocycles. The highest BCUT2D eigenvalue weighted by atomic mass is 32.2. The number of nitrogens with zero attached hydrogens (tertiary/aromatic N) is 2. The van der Waals surface area contributed by atoms with E-state index in [2.05, 4.69) is 5.32 Å². The zero-order chi connectivity index (χ0) is 24.6. The van der Waals surface area contributed by atoms with Gasteiger partial charge in [-0.05, 0) is 43.2 Å². The molecule has 1 amide bonds. The molecule has 2 rings (SSSR count). The number of hydrogen-bond donors (Lipinski definition) is 1. The van der Waals surface area contributed by atoms with Crippen LogP contribution < -0.4 is 14.8 Å². The van der Waals surface area contributed by atoms with Crippen LogP contribution >= 0.6 is 0 Å². The Hall–Kier alpha value is -3.18. The van der Waals surface area contributed by atoms with E-state index >= 15 is 0 Å². The third-order valence-corrected chi connectivity index (χ3v) is 7.06. The topological polar surface area (TPSA) is 128 Å². The Morgan fingerprint density at radius 1 is 1.15 bits per heavy atom. The number of nitrogens with one attached hydrogen (secondary N) is 1. The lowest BCUT2D eigenvalue weighted by molar-refractivity contribution is -0.386. The van der Waals surface area contributed by atoms with Gasteiger partial charge in [-0.25, -0.2) is 8.42 Å². The number of rotatable bonds is 12. The lowest BCUT2D eigenvalue weighted by Gasteiger charge is -2.19. The molecular formula is C22H29N3O7S. The summed E-state index contributed by atoms with van der Waals surface area (Å²) in [7, 11) is -2.29. The number of carbonyl (C=O) groups is 1. The maximum Gasteiger partial charge on any atom is 0.312 e. The van der Waals surface area contributed by atoms with Gasteiger partial charge >= 0.3 is 5.69 Å². The summed E-state index contributed by atoms with van der Waals surface area (Å²) in [6, 6.07) is 10.8. The van der Waals surface area contributed by atoms with Gasteiger partial charge in [-0.1, -0.05) is 26.0 Å². The monoisotopic (exact) mass is 479 g/mol. The first-order valence-electron chi connectivity index (χ1n) is 10.5. The summed E-state index contributed by atoms with van der Waals surface area (Å²) < 4.78 is 37.2. The summed E-state index contributed by atoms with van der Waals surface area (Å²) in [6.07, 6.45) is -0.439. The second-order valence-electron chi connectivity index (χ2n) is 7.13. The van der Waals surface area contributed by atoms with E-state index in [1.807, 2.05) is 24.3 Å². The van der Waals surface area contributed by atoms with E-state index in [4.69, 9.17) is 9.47 Å². The SMILES string of the molecule is CCN(CC)S(=O)(=O)c1ccc(OC(C)C(=O)NCCc2ccc(OC)cc2)c([N+](=O)[O-])c1. The van der Waals surface area contributed by atoms with Crippen molar-refractivity contribution in [3.63, 3.8) is 0 Å². The fourth-order valence-corrected chi connectivity index (χ4v) is 4.60. The van der Waals surface area contributed by atoms with E-state index in [0.29, 0.717) is 13.0 Å². The van der Waals surface area contributed by atoms with Gasteiger partial charge in [0.05, 0.1) is 16.9 Å². The number of amides is 1. The standard InChI is InChI=1S/C22H29N3O7S/c1-5-24(6-2)33(29,30)19-11-12-21(20(15-19)25(27)28)32-16(3)22(26)23-14-13-17-7-9-18(31-4)10-8-17/h7-12,15-16H,5-6,13-14H2,1-4H3,(H,23,26). The van der Waals surface area contributed by atoms with Crippen LogP contribution in [0.15, 0.2) is 47.4 Å². The fraction of sp³-hybridized carbons (Fsp3) is 0.409. The molecule has 0 spiro atoms. The van der Waals surface area contributed by atoms with E-state index < -0.39 is 32.6 Å². The molecule has 0 saturated carbocycles. The molecule has 1 atom stereocenters. The third-order valence-electron chi connectivity index (χ3n) is 5.02. The number of nitro groups is 1. The van der Waals surface area contributed by atoms with Gasteiger partial charge < -0.3 is 14.8 Å². The minimum absolute atomic E-state index is 0.184. The van der Waals surface area contributed by atoms with Crippen molar-refractivity contribution in [1.29, 1.82) is 0 Å². The highest BCUT2D eigenvalue weighted by Gasteiger charge is 2.27. The van der Waals surface area contributed by atoms with Gasteiger partial charge in [-0.3, -0.25) is 14.9 Å². The van der Waals surface area contributed by atoms with Crippen molar-refractivity contribution in [3.05, 3.63) is 58.1 Å². The summed E-state index contributed by atoms with van der Waals surface area (Å²) in [6.45, 7) is 5.65. The summed E-state index contributed by atoms with van der Waals surface area (Å²) in [5.74, 6) is 0.108. The molecule has 0 bridgehead atoms. The lowest BCUT2D eigenvalue weighted by atomic mass is 10.1. The first kappa shape index (κ1) is 26.1. The van der Waals surface area contributed by atoms with Crippen LogP contribution in [-0.4, -0.2) is 56.4 Å². The molecule has 0 fully saturated rings. The van der Waals surface area contributed by atoms with Crippen LogP contribution in [-0.2, 0) is 21.2 Å². The number of ether oxygens (including phenoxy) is 2. The second kappa shape index (κ2) is 11.6. The molecular weight excluding hydrogens is 450 g/mol. The molecule has 11 heteroatoms. The number of hydrogen-bond acceptors (Lipinski definition) is 7. The summed E-state index contributed by atoms with van der Waals surface area (Å²) in [4.78, 5) is 23.0. The van der Waals surface area contributed by atoms with E-state index in [-0.39, 0.29) is 23.7 Å². The van der Waals surface area contributed by atoms with Crippen LogP contribution in [0.2, 0.25) is 0 Å². The summed E-state index contributed by atoms with van der Waals surface area (Å²) >= 11 is 0. The van der Waals surface area contributed by atoms with Gasteiger partial charge in [-0.15, -0.1) is 0 Å². The minimum atomic E-state index is -3.88. The van der Waals surface area contributed by atoms with Gasteiger partial charge in [0.2, 0.25) is 10.0 Å². The van der Waals surface area contributed by atoms with Crippen molar-refractivity contribution in [2.45, 2.75) is 38.2 Å². The van der Waals surface area contributed by atoms with Crippen LogP contribution in [0.4, 0.5) is 5.69 Å². The zero-order valence-electron chi connectivity index (χ0n) is 19.1. The van der Waals surface area contributed by atoms with Crippen LogP contribution in [0.1, 0.15) is 26.3 Å². The third kappa shape index (κ3) is 6.65. The molecule has 180 valence electrons. The number of sulfonamides is 1. The van der Waals surface area contributed by atoms with Crippen LogP contribution in [0.3, 0.4) is 0 Å². The molecule has 1 N–H and O–H groups in total. The molecule has 0 aromatic heterocycles. The molecule has 0 radical (unpaired) electrons. The van der Waals surface area contributed by atoms with Gasteiger partial charge in [0.25, 0.3) is 5.91 Å². The Morgan fingerprint density at radius 2 is 1.79 bits per heavy atom. The quantitative estimate of drug-likeness (QED) is 0.366. The second-order valence-corrected chi connectivity index (χ2v) is 9.06. The summed E-state index contributed by atoms with van der Waals surface area (Å²) in [5, 5.41) is 14.3. The Labute approximate surface area is 193 Å². The maximum absolute atomic E-state index is 12.7. The Bertz CT molecular complexity index is 1070.